The van der Waals surface area contributed by atoms with Gasteiger partial charge in [-0.2, -0.15) is 0 Å². The standard InChI is InChI=1S/C14H17BrFNO/c15-13-9-10(16)7-8-12(13)14(18)17-11-5-3-1-2-4-6-11/h7-9,11H,1-6H2,(H,17,18). The van der Waals surface area contributed by atoms with Gasteiger partial charge in [0.15, 0.2) is 0 Å². The molecule has 18 heavy (non-hydrogen) atoms. The molecule has 1 fully saturated rings. The molecule has 0 bridgehead atoms. The Balaban J connectivity index is 2.02. The second-order valence-electron chi connectivity index (χ2n) is 4.79. The van der Waals surface area contributed by atoms with Crippen molar-refractivity contribution in [1.29, 1.82) is 0 Å². The number of carbonyl (C=O) groups is 1. The largest absolute Gasteiger partial charge is 0.349 e. The highest BCUT2D eigenvalue weighted by Crippen LogP contribution is 2.20. The minimum Gasteiger partial charge on any atom is -0.349 e. The fraction of sp³-hybridized carbons (Fsp3) is 0.500. The summed E-state index contributed by atoms with van der Waals surface area (Å²) in [6.07, 6.45) is 6.96. The van der Waals surface area contributed by atoms with Crippen molar-refractivity contribution < 1.29 is 9.18 Å². The molecule has 0 aromatic heterocycles. The third kappa shape index (κ3) is 3.55. The monoisotopic (exact) mass is 313 g/mol. The topological polar surface area (TPSA) is 29.1 Å². The molecule has 2 rings (SSSR count). The smallest absolute Gasteiger partial charge is 0.252 e. The van der Waals surface area contributed by atoms with Crippen LogP contribution in [0, 0.1) is 5.82 Å². The molecule has 4 heteroatoms. The van der Waals surface area contributed by atoms with Gasteiger partial charge < -0.3 is 5.32 Å². The lowest BCUT2D eigenvalue weighted by atomic mass is 10.1. The van der Waals surface area contributed by atoms with E-state index in [2.05, 4.69) is 21.2 Å². The predicted molar refractivity (Wildman–Crippen MR) is 73.1 cm³/mol. The average molecular weight is 314 g/mol. The normalized spacial score (nSPS) is 17.2. The van der Waals surface area contributed by atoms with E-state index in [0.717, 1.165) is 12.8 Å². The SMILES string of the molecule is O=C(NC1CCCCCC1)c1ccc(F)cc1Br. The first-order valence-corrected chi connectivity index (χ1v) is 7.22. The van der Waals surface area contributed by atoms with E-state index in [1.54, 1.807) is 0 Å². The lowest BCUT2D eigenvalue weighted by molar-refractivity contribution is 0.0932. The first-order chi connectivity index (χ1) is 8.66. The summed E-state index contributed by atoms with van der Waals surface area (Å²) in [5.74, 6) is -0.457. The van der Waals surface area contributed by atoms with E-state index in [-0.39, 0.29) is 17.8 Å². The van der Waals surface area contributed by atoms with Gasteiger partial charge in [-0.3, -0.25) is 4.79 Å². The summed E-state index contributed by atoms with van der Waals surface area (Å²) in [7, 11) is 0. The van der Waals surface area contributed by atoms with Crippen LogP contribution in [0.15, 0.2) is 22.7 Å². The van der Waals surface area contributed by atoms with Gasteiger partial charge >= 0.3 is 0 Å². The molecule has 0 saturated heterocycles. The molecular formula is C14H17BrFNO. The van der Waals surface area contributed by atoms with Crippen molar-refractivity contribution in [2.45, 2.75) is 44.6 Å². The van der Waals surface area contributed by atoms with Crippen molar-refractivity contribution >= 4 is 21.8 Å². The van der Waals surface area contributed by atoms with Crippen LogP contribution in [0.3, 0.4) is 0 Å². The number of nitrogens with one attached hydrogen (secondary N) is 1. The molecule has 98 valence electrons. The van der Waals surface area contributed by atoms with Crippen molar-refractivity contribution in [2.75, 3.05) is 0 Å². The molecular weight excluding hydrogens is 297 g/mol. The lowest BCUT2D eigenvalue weighted by Gasteiger charge is -2.16. The number of amides is 1. The van der Waals surface area contributed by atoms with Gasteiger partial charge in [-0.25, -0.2) is 4.39 Å². The van der Waals surface area contributed by atoms with Crippen molar-refractivity contribution in [1.82, 2.24) is 5.32 Å². The summed E-state index contributed by atoms with van der Waals surface area (Å²) in [5.41, 5.74) is 0.501. The van der Waals surface area contributed by atoms with Crippen molar-refractivity contribution in [3.05, 3.63) is 34.1 Å². The lowest BCUT2D eigenvalue weighted by Crippen LogP contribution is -2.34. The maximum Gasteiger partial charge on any atom is 0.252 e. The maximum atomic E-state index is 13.0. The molecule has 1 aromatic carbocycles. The third-order valence-corrected chi connectivity index (χ3v) is 4.02. The molecule has 0 spiro atoms. The molecule has 0 aliphatic heterocycles. The van der Waals surface area contributed by atoms with Gasteiger partial charge in [0.05, 0.1) is 5.56 Å². The summed E-state index contributed by atoms with van der Waals surface area (Å²) in [5, 5.41) is 3.04. The predicted octanol–water partition coefficient (Wildman–Crippen LogP) is 4.04. The summed E-state index contributed by atoms with van der Waals surface area (Å²) < 4.78 is 13.5. The number of carbonyl (C=O) groups excluding carboxylic acids is 1. The van der Waals surface area contributed by atoms with Crippen LogP contribution in [-0.4, -0.2) is 11.9 Å². The highest BCUT2D eigenvalue weighted by atomic mass is 79.9. The zero-order valence-electron chi connectivity index (χ0n) is 10.2. The van der Waals surface area contributed by atoms with Crippen LogP contribution in [0.2, 0.25) is 0 Å². The summed E-state index contributed by atoms with van der Waals surface area (Å²) in [6.45, 7) is 0. The molecule has 1 aliphatic carbocycles. The van der Waals surface area contributed by atoms with Crippen LogP contribution in [0.4, 0.5) is 4.39 Å². The molecule has 2 nitrogen and oxygen atoms in total. The Hall–Kier alpha value is -0.900. The van der Waals surface area contributed by atoms with Gasteiger partial charge in [0.2, 0.25) is 0 Å². The average Bonchev–Trinajstić information content (AvgIpc) is 2.57. The van der Waals surface area contributed by atoms with Crippen LogP contribution in [0.5, 0.6) is 0 Å². The summed E-state index contributed by atoms with van der Waals surface area (Å²) in [6, 6.07) is 4.41. The van der Waals surface area contributed by atoms with Crippen LogP contribution in [-0.2, 0) is 0 Å². The maximum absolute atomic E-state index is 13.0. The fourth-order valence-corrected chi connectivity index (χ4v) is 2.89. The molecule has 1 aromatic rings. The molecule has 0 radical (unpaired) electrons. The second kappa shape index (κ2) is 6.32. The molecule has 1 amide bonds. The number of hydrogen-bond donors (Lipinski definition) is 1. The zero-order valence-corrected chi connectivity index (χ0v) is 11.8. The van der Waals surface area contributed by atoms with E-state index < -0.39 is 0 Å². The fourth-order valence-electron chi connectivity index (χ4n) is 2.36. The molecule has 0 heterocycles. The Morgan fingerprint density at radius 3 is 2.50 bits per heavy atom. The highest BCUT2D eigenvalue weighted by Gasteiger charge is 2.17. The van der Waals surface area contributed by atoms with Gasteiger partial charge in [0, 0.05) is 10.5 Å². The number of rotatable bonds is 2. The van der Waals surface area contributed by atoms with Crippen LogP contribution in [0.1, 0.15) is 48.9 Å². The molecule has 0 atom stereocenters. The number of hydrogen-bond acceptors (Lipinski definition) is 1. The van der Waals surface area contributed by atoms with E-state index >= 15 is 0 Å². The first-order valence-electron chi connectivity index (χ1n) is 6.43. The van der Waals surface area contributed by atoms with E-state index in [1.165, 1.54) is 43.9 Å². The van der Waals surface area contributed by atoms with Crippen molar-refractivity contribution in [3.63, 3.8) is 0 Å². The summed E-state index contributed by atoms with van der Waals surface area (Å²) in [4.78, 5) is 12.1. The van der Waals surface area contributed by atoms with Crippen molar-refractivity contribution in [3.8, 4) is 0 Å². The van der Waals surface area contributed by atoms with Crippen LogP contribution < -0.4 is 5.32 Å². The second-order valence-corrected chi connectivity index (χ2v) is 5.64. The quantitative estimate of drug-likeness (QED) is 0.820. The number of halogens is 2. The van der Waals surface area contributed by atoms with Gasteiger partial charge in [0.1, 0.15) is 5.82 Å². The Morgan fingerprint density at radius 1 is 1.22 bits per heavy atom. The first kappa shape index (κ1) is 13.5. The van der Waals surface area contributed by atoms with Gasteiger partial charge in [0.25, 0.3) is 5.91 Å². The minimum absolute atomic E-state index is 0.117. The molecule has 1 saturated carbocycles. The highest BCUT2D eigenvalue weighted by molar-refractivity contribution is 9.10. The Kier molecular flexibility index (Phi) is 4.75. The van der Waals surface area contributed by atoms with Gasteiger partial charge in [-0.05, 0) is 47.0 Å². The molecule has 0 unspecified atom stereocenters. The van der Waals surface area contributed by atoms with E-state index in [1.807, 2.05) is 0 Å². The van der Waals surface area contributed by atoms with Crippen molar-refractivity contribution in [2.24, 2.45) is 0 Å². The molecule has 1 aliphatic rings. The molecule has 1 N–H and O–H groups in total. The van der Waals surface area contributed by atoms with Gasteiger partial charge in [-0.1, -0.05) is 25.7 Å². The van der Waals surface area contributed by atoms with Crippen LogP contribution >= 0.6 is 15.9 Å². The minimum atomic E-state index is -0.340. The van der Waals surface area contributed by atoms with E-state index in [9.17, 15) is 9.18 Å². The van der Waals surface area contributed by atoms with E-state index in [4.69, 9.17) is 0 Å². The van der Waals surface area contributed by atoms with E-state index in [0.29, 0.717) is 10.0 Å². The Labute approximate surface area is 115 Å². The number of benzene rings is 1. The van der Waals surface area contributed by atoms with Crippen LogP contribution in [0.25, 0.3) is 0 Å². The van der Waals surface area contributed by atoms with Gasteiger partial charge in [-0.15, -0.1) is 0 Å². The third-order valence-electron chi connectivity index (χ3n) is 3.37. The summed E-state index contributed by atoms with van der Waals surface area (Å²) >= 11 is 3.23. The Bertz CT molecular complexity index is 428. The Morgan fingerprint density at radius 2 is 1.89 bits per heavy atom. The zero-order chi connectivity index (χ0) is 13.0.